The van der Waals surface area contributed by atoms with Gasteiger partial charge >= 0.3 is 0 Å². The Labute approximate surface area is 152 Å². The summed E-state index contributed by atoms with van der Waals surface area (Å²) in [6.45, 7) is 1.07. The van der Waals surface area contributed by atoms with E-state index in [0.717, 1.165) is 13.0 Å². The highest BCUT2D eigenvalue weighted by atomic mass is 35.5. The van der Waals surface area contributed by atoms with Crippen molar-refractivity contribution in [3.05, 3.63) is 10.9 Å². The summed E-state index contributed by atoms with van der Waals surface area (Å²) in [6, 6.07) is 1.47. The monoisotopic (exact) mass is 374 g/mol. The summed E-state index contributed by atoms with van der Waals surface area (Å²) in [5.41, 5.74) is 6.09. The van der Waals surface area contributed by atoms with Crippen molar-refractivity contribution >= 4 is 23.4 Å². The fourth-order valence-electron chi connectivity index (χ4n) is 5.07. The van der Waals surface area contributed by atoms with Crippen molar-refractivity contribution in [1.82, 2.24) is 16.0 Å². The van der Waals surface area contributed by atoms with Crippen molar-refractivity contribution in [1.29, 1.82) is 0 Å². The largest absolute Gasteiger partial charge is 0.313 e. The molecule has 0 aromatic rings. The van der Waals surface area contributed by atoms with Crippen LogP contribution in [0.2, 0.25) is 0 Å². The maximum absolute atomic E-state index is 13.6. The number of thioether (sulfide) groups is 1. The molecule has 5 N–H and O–H groups in total. The molecule has 1 aliphatic carbocycles. The molecule has 0 spiro atoms. The molecule has 4 nitrogen and oxygen atoms in total. The Morgan fingerprint density at radius 2 is 1.96 bits per heavy atom. The third-order valence-corrected chi connectivity index (χ3v) is 7.80. The van der Waals surface area contributed by atoms with E-state index in [9.17, 15) is 4.39 Å². The smallest absolute Gasteiger partial charge is 0.114 e. The topological polar surface area (TPSA) is 62.1 Å². The van der Waals surface area contributed by atoms with Crippen LogP contribution in [0.3, 0.4) is 0 Å². The fraction of sp³-hybridized carbons (Fsp3) is 0.882. The first-order chi connectivity index (χ1) is 11.6. The first-order valence-corrected chi connectivity index (χ1v) is 10.6. The molecule has 24 heavy (non-hydrogen) atoms. The molecule has 3 aliphatic heterocycles. The summed E-state index contributed by atoms with van der Waals surface area (Å²) in [6.07, 6.45) is 6.96. The number of piperidine rings is 2. The number of nitrogens with two attached hydrogens (primary N) is 1. The van der Waals surface area contributed by atoms with Crippen LogP contribution in [-0.4, -0.2) is 35.5 Å². The Balaban J connectivity index is 1.45. The Kier molecular flexibility index (Phi) is 5.42. The van der Waals surface area contributed by atoms with E-state index < -0.39 is 0 Å². The van der Waals surface area contributed by atoms with Crippen LogP contribution in [0.25, 0.3) is 0 Å². The Morgan fingerprint density at radius 3 is 2.79 bits per heavy atom. The van der Waals surface area contributed by atoms with Crippen molar-refractivity contribution in [2.45, 2.75) is 73.9 Å². The van der Waals surface area contributed by atoms with Crippen LogP contribution in [0.1, 0.15) is 44.9 Å². The van der Waals surface area contributed by atoms with Crippen molar-refractivity contribution in [3.63, 3.8) is 0 Å². The van der Waals surface area contributed by atoms with Crippen molar-refractivity contribution < 1.29 is 4.39 Å². The highest BCUT2D eigenvalue weighted by molar-refractivity contribution is 8.00. The van der Waals surface area contributed by atoms with E-state index in [1.165, 1.54) is 25.7 Å². The van der Waals surface area contributed by atoms with Crippen molar-refractivity contribution in [3.8, 4) is 0 Å². The minimum atomic E-state index is -0.0960. The van der Waals surface area contributed by atoms with Crippen LogP contribution in [0.15, 0.2) is 10.9 Å². The molecule has 0 radical (unpaired) electrons. The molecule has 4 aliphatic rings. The van der Waals surface area contributed by atoms with Gasteiger partial charge in [0.2, 0.25) is 0 Å². The lowest BCUT2D eigenvalue weighted by atomic mass is 9.72. The Morgan fingerprint density at radius 1 is 1.12 bits per heavy atom. The van der Waals surface area contributed by atoms with E-state index in [4.69, 9.17) is 17.3 Å². The van der Waals surface area contributed by atoms with Gasteiger partial charge in [0, 0.05) is 29.6 Å². The van der Waals surface area contributed by atoms with E-state index >= 15 is 0 Å². The van der Waals surface area contributed by atoms with Crippen molar-refractivity contribution in [2.24, 2.45) is 17.6 Å². The lowest BCUT2D eigenvalue weighted by molar-refractivity contribution is 0.130. The number of nitrogens with one attached hydrogen (secondary N) is 3. The summed E-state index contributed by atoms with van der Waals surface area (Å²) in [7, 11) is 0. The molecule has 4 rings (SSSR count). The zero-order valence-electron chi connectivity index (χ0n) is 13.9. The van der Waals surface area contributed by atoms with Gasteiger partial charge in [0.05, 0.1) is 5.37 Å². The lowest BCUT2D eigenvalue weighted by Gasteiger charge is -2.46. The van der Waals surface area contributed by atoms with Gasteiger partial charge in [0.1, 0.15) is 11.3 Å². The molecule has 0 aromatic heterocycles. The maximum atomic E-state index is 13.6. The highest BCUT2D eigenvalue weighted by Gasteiger charge is 2.43. The van der Waals surface area contributed by atoms with Gasteiger partial charge in [-0.3, -0.25) is 5.32 Å². The van der Waals surface area contributed by atoms with Gasteiger partial charge < -0.3 is 16.4 Å². The van der Waals surface area contributed by atoms with Crippen LogP contribution >= 0.6 is 23.4 Å². The number of allylic oxidation sites excluding steroid dienone is 2. The zero-order chi connectivity index (χ0) is 16.7. The Bertz CT molecular complexity index is 505. The molecular weight excluding hydrogens is 347 g/mol. The minimum Gasteiger partial charge on any atom is -0.313 e. The number of fused-ring (bicyclic) bond motifs is 1. The molecule has 0 bridgehead atoms. The third-order valence-electron chi connectivity index (χ3n) is 6.25. The number of halogens is 2. The molecule has 7 atom stereocenters. The van der Waals surface area contributed by atoms with Gasteiger partial charge in [-0.05, 0) is 56.9 Å². The number of hydrogen-bond donors (Lipinski definition) is 4. The fourth-order valence-corrected chi connectivity index (χ4v) is 6.59. The summed E-state index contributed by atoms with van der Waals surface area (Å²) in [5.74, 6) is 0.965. The van der Waals surface area contributed by atoms with Crippen LogP contribution < -0.4 is 21.7 Å². The highest BCUT2D eigenvalue weighted by Crippen LogP contribution is 2.40. The molecule has 3 fully saturated rings. The van der Waals surface area contributed by atoms with E-state index in [-0.39, 0.29) is 11.3 Å². The second-order valence-electron chi connectivity index (χ2n) is 7.70. The van der Waals surface area contributed by atoms with Gasteiger partial charge in [0.15, 0.2) is 0 Å². The zero-order valence-corrected chi connectivity index (χ0v) is 15.5. The summed E-state index contributed by atoms with van der Waals surface area (Å²) in [5, 5.41) is 12.0. The number of hydrogen-bond acceptors (Lipinski definition) is 5. The lowest BCUT2D eigenvalue weighted by Crippen LogP contribution is -2.59. The van der Waals surface area contributed by atoms with E-state index in [1.54, 1.807) is 0 Å². The maximum Gasteiger partial charge on any atom is 0.114 e. The summed E-state index contributed by atoms with van der Waals surface area (Å²) >= 11 is 7.95. The molecular formula is C17H28ClFN4S. The van der Waals surface area contributed by atoms with Gasteiger partial charge in [-0.1, -0.05) is 11.6 Å². The van der Waals surface area contributed by atoms with Crippen LogP contribution in [-0.2, 0) is 0 Å². The standard InChI is InChI=1S/C17H28ClFN4S/c18-11-8-9(3-4-12(11)19)15-10(2-1-7-21-15)13-5-6-14-16(22-13)24-17(20)23-14/h9-10,13-17,21-23H,1-8,20H2. The van der Waals surface area contributed by atoms with E-state index in [0.29, 0.717) is 53.2 Å². The SMILES string of the molecule is NC1NC2CCC(C3CCCNC3C3CCC(F)=C(Cl)C3)NC2S1. The quantitative estimate of drug-likeness (QED) is 0.598. The molecule has 3 heterocycles. The Hall–Kier alpha value is 0.150. The van der Waals surface area contributed by atoms with Gasteiger partial charge in [-0.15, -0.1) is 11.8 Å². The predicted octanol–water partition coefficient (Wildman–Crippen LogP) is 2.60. The third kappa shape index (κ3) is 3.51. The van der Waals surface area contributed by atoms with Crippen LogP contribution in [0, 0.1) is 11.8 Å². The van der Waals surface area contributed by atoms with E-state index in [2.05, 4.69) is 16.0 Å². The van der Waals surface area contributed by atoms with Crippen molar-refractivity contribution in [2.75, 3.05) is 6.54 Å². The average Bonchev–Trinajstić information content (AvgIpc) is 2.96. The molecule has 136 valence electrons. The van der Waals surface area contributed by atoms with Gasteiger partial charge in [-0.2, -0.15) is 0 Å². The molecule has 7 unspecified atom stereocenters. The molecule has 3 saturated heterocycles. The van der Waals surface area contributed by atoms with Gasteiger partial charge in [-0.25, -0.2) is 4.39 Å². The molecule has 7 heteroatoms. The molecule has 0 amide bonds. The predicted molar refractivity (Wildman–Crippen MR) is 98.3 cm³/mol. The summed E-state index contributed by atoms with van der Waals surface area (Å²) < 4.78 is 13.6. The molecule has 0 saturated carbocycles. The first-order valence-electron chi connectivity index (χ1n) is 9.31. The van der Waals surface area contributed by atoms with Gasteiger partial charge in [0.25, 0.3) is 0 Å². The average molecular weight is 375 g/mol. The normalized spacial score (nSPS) is 46.9. The van der Waals surface area contributed by atoms with Crippen LogP contribution in [0.4, 0.5) is 4.39 Å². The number of rotatable bonds is 2. The second kappa shape index (κ2) is 7.41. The first kappa shape index (κ1) is 17.6. The summed E-state index contributed by atoms with van der Waals surface area (Å²) in [4.78, 5) is 0. The van der Waals surface area contributed by atoms with E-state index in [1.807, 2.05) is 11.8 Å². The van der Waals surface area contributed by atoms with Crippen LogP contribution in [0.5, 0.6) is 0 Å². The minimum absolute atomic E-state index is 0.0526. The second-order valence-corrected chi connectivity index (χ2v) is 9.44. The molecule has 0 aromatic carbocycles.